The van der Waals surface area contributed by atoms with Crippen molar-refractivity contribution in [3.05, 3.63) is 48.2 Å². The van der Waals surface area contributed by atoms with Crippen molar-refractivity contribution >= 4 is 11.8 Å². The van der Waals surface area contributed by atoms with Gasteiger partial charge in [0, 0.05) is 38.9 Å². The Bertz CT molecular complexity index is 820. The summed E-state index contributed by atoms with van der Waals surface area (Å²) in [7, 11) is 3.50. The summed E-state index contributed by atoms with van der Waals surface area (Å²) in [5.74, 6) is 3.53. The SMILES string of the molecule is CCOc1cc(CCCNC(=NC)NC2CCN(c3ccccn3)CC2)ccc1OC. The molecule has 1 aliphatic rings. The van der Waals surface area contributed by atoms with Crippen molar-refractivity contribution < 1.29 is 9.47 Å². The number of aromatic nitrogens is 1. The molecule has 0 amide bonds. The lowest BCUT2D eigenvalue weighted by Crippen LogP contribution is -2.49. The molecule has 1 saturated heterocycles. The predicted octanol–water partition coefficient (Wildman–Crippen LogP) is 3.26. The molecule has 2 aromatic rings. The second-order valence-corrected chi connectivity index (χ2v) is 7.61. The molecule has 3 rings (SSSR count). The number of benzene rings is 1. The lowest BCUT2D eigenvalue weighted by molar-refractivity contribution is 0.310. The van der Waals surface area contributed by atoms with E-state index in [0.29, 0.717) is 12.6 Å². The molecule has 1 aliphatic heterocycles. The van der Waals surface area contributed by atoms with Gasteiger partial charge in [-0.3, -0.25) is 4.99 Å². The van der Waals surface area contributed by atoms with Crippen molar-refractivity contribution in [2.45, 2.75) is 38.6 Å². The lowest BCUT2D eigenvalue weighted by atomic mass is 10.1. The number of ether oxygens (including phenoxy) is 2. The van der Waals surface area contributed by atoms with Gasteiger partial charge in [0.05, 0.1) is 13.7 Å². The highest BCUT2D eigenvalue weighted by Gasteiger charge is 2.20. The molecule has 2 N–H and O–H groups in total. The van der Waals surface area contributed by atoms with Crippen LogP contribution in [0, 0.1) is 0 Å². The highest BCUT2D eigenvalue weighted by Crippen LogP contribution is 2.28. The predicted molar refractivity (Wildman–Crippen MR) is 126 cm³/mol. The van der Waals surface area contributed by atoms with Crippen LogP contribution in [0.2, 0.25) is 0 Å². The van der Waals surface area contributed by atoms with Gasteiger partial charge in [-0.2, -0.15) is 0 Å². The van der Waals surface area contributed by atoms with E-state index in [1.807, 2.05) is 38.4 Å². The molecular weight excluding hydrogens is 390 g/mol. The van der Waals surface area contributed by atoms with Gasteiger partial charge >= 0.3 is 0 Å². The Kier molecular flexibility index (Phi) is 8.82. The molecule has 31 heavy (non-hydrogen) atoms. The van der Waals surface area contributed by atoms with Crippen molar-refractivity contribution in [3.63, 3.8) is 0 Å². The van der Waals surface area contributed by atoms with Crippen molar-refractivity contribution in [3.8, 4) is 11.5 Å². The van der Waals surface area contributed by atoms with Crippen molar-refractivity contribution in [2.24, 2.45) is 4.99 Å². The maximum atomic E-state index is 5.67. The van der Waals surface area contributed by atoms with E-state index in [1.54, 1.807) is 7.11 Å². The largest absolute Gasteiger partial charge is 0.493 e. The van der Waals surface area contributed by atoms with Gasteiger partial charge in [0.25, 0.3) is 0 Å². The molecule has 0 atom stereocenters. The van der Waals surface area contributed by atoms with Gasteiger partial charge in [0.1, 0.15) is 5.82 Å². The number of hydrogen-bond acceptors (Lipinski definition) is 5. The zero-order valence-corrected chi connectivity index (χ0v) is 18.9. The fourth-order valence-corrected chi connectivity index (χ4v) is 3.83. The van der Waals surface area contributed by atoms with Crippen LogP contribution in [0.3, 0.4) is 0 Å². The third-order valence-electron chi connectivity index (χ3n) is 5.50. The fourth-order valence-electron chi connectivity index (χ4n) is 3.83. The van der Waals surface area contributed by atoms with E-state index in [9.17, 15) is 0 Å². The summed E-state index contributed by atoms with van der Waals surface area (Å²) in [6.07, 6.45) is 5.98. The minimum absolute atomic E-state index is 0.432. The van der Waals surface area contributed by atoms with Gasteiger partial charge in [-0.15, -0.1) is 0 Å². The third-order valence-corrected chi connectivity index (χ3v) is 5.50. The zero-order valence-electron chi connectivity index (χ0n) is 18.9. The summed E-state index contributed by atoms with van der Waals surface area (Å²) in [6, 6.07) is 12.7. The fraction of sp³-hybridized carbons (Fsp3) is 0.500. The molecule has 0 saturated carbocycles. The number of aliphatic imine (C=N–C) groups is 1. The standard InChI is InChI=1S/C24H35N5O2/c1-4-31-22-18-19(10-11-21(22)30-3)8-7-15-27-24(25-2)28-20-12-16-29(17-13-20)23-9-5-6-14-26-23/h5-6,9-11,14,18,20H,4,7-8,12-13,15-17H2,1-3H3,(H2,25,27,28). The normalized spacial score (nSPS) is 14.9. The molecule has 0 radical (unpaired) electrons. The van der Waals surface area contributed by atoms with Crippen molar-refractivity contribution in [1.29, 1.82) is 0 Å². The first kappa shape index (κ1) is 22.7. The average Bonchev–Trinajstić information content (AvgIpc) is 2.82. The van der Waals surface area contributed by atoms with Crippen LogP contribution >= 0.6 is 0 Å². The summed E-state index contributed by atoms with van der Waals surface area (Å²) in [6.45, 7) is 5.49. The number of anilines is 1. The average molecular weight is 426 g/mol. The number of aryl methyl sites for hydroxylation is 1. The van der Waals surface area contributed by atoms with Gasteiger partial charge in [0.2, 0.25) is 0 Å². The summed E-state index contributed by atoms with van der Waals surface area (Å²) in [5.41, 5.74) is 1.25. The maximum absolute atomic E-state index is 5.67. The Balaban J connectivity index is 1.39. The summed E-state index contributed by atoms with van der Waals surface area (Å²) in [5, 5.41) is 7.02. The van der Waals surface area contributed by atoms with Gasteiger partial charge in [-0.05, 0) is 62.4 Å². The van der Waals surface area contributed by atoms with Crippen LogP contribution < -0.4 is 25.0 Å². The molecule has 2 heterocycles. The van der Waals surface area contributed by atoms with Crippen LogP contribution in [0.4, 0.5) is 5.82 Å². The van der Waals surface area contributed by atoms with Gasteiger partial charge in [-0.1, -0.05) is 12.1 Å². The van der Waals surface area contributed by atoms with E-state index in [0.717, 1.165) is 68.6 Å². The highest BCUT2D eigenvalue weighted by atomic mass is 16.5. The van der Waals surface area contributed by atoms with Crippen LogP contribution in [-0.4, -0.2) is 57.4 Å². The van der Waals surface area contributed by atoms with E-state index >= 15 is 0 Å². The number of nitrogens with zero attached hydrogens (tertiary/aromatic N) is 3. The van der Waals surface area contributed by atoms with Crippen LogP contribution in [0.15, 0.2) is 47.6 Å². The number of hydrogen-bond donors (Lipinski definition) is 2. The second-order valence-electron chi connectivity index (χ2n) is 7.61. The summed E-state index contributed by atoms with van der Waals surface area (Å²) >= 11 is 0. The number of pyridine rings is 1. The number of piperidine rings is 1. The highest BCUT2D eigenvalue weighted by molar-refractivity contribution is 5.79. The Morgan fingerprint density at radius 2 is 2.03 bits per heavy atom. The molecule has 1 aromatic carbocycles. The molecule has 7 heteroatoms. The smallest absolute Gasteiger partial charge is 0.191 e. The minimum Gasteiger partial charge on any atom is -0.493 e. The lowest BCUT2D eigenvalue weighted by Gasteiger charge is -2.33. The molecular formula is C24H35N5O2. The number of rotatable bonds is 9. The van der Waals surface area contributed by atoms with Gasteiger partial charge in [-0.25, -0.2) is 4.98 Å². The zero-order chi connectivity index (χ0) is 21.9. The molecule has 0 unspecified atom stereocenters. The molecule has 168 valence electrons. The summed E-state index contributed by atoms with van der Waals surface area (Å²) < 4.78 is 11.0. The van der Waals surface area contributed by atoms with Crippen molar-refractivity contribution in [1.82, 2.24) is 15.6 Å². The Morgan fingerprint density at radius 1 is 1.19 bits per heavy atom. The molecule has 0 spiro atoms. The van der Waals surface area contributed by atoms with E-state index in [-0.39, 0.29) is 0 Å². The first-order valence-electron chi connectivity index (χ1n) is 11.2. The van der Waals surface area contributed by atoms with Gasteiger partial charge < -0.3 is 25.0 Å². The van der Waals surface area contributed by atoms with E-state index in [1.165, 1.54) is 5.56 Å². The molecule has 7 nitrogen and oxygen atoms in total. The summed E-state index contributed by atoms with van der Waals surface area (Å²) in [4.78, 5) is 11.2. The topological polar surface area (TPSA) is 71.0 Å². The van der Waals surface area contributed by atoms with Crippen LogP contribution in [-0.2, 0) is 6.42 Å². The van der Waals surface area contributed by atoms with Crippen molar-refractivity contribution in [2.75, 3.05) is 45.3 Å². The van der Waals surface area contributed by atoms with Crippen LogP contribution in [0.5, 0.6) is 11.5 Å². The quantitative estimate of drug-likeness (QED) is 0.365. The second kappa shape index (κ2) is 12.0. The Morgan fingerprint density at radius 3 is 2.71 bits per heavy atom. The Hall–Kier alpha value is -2.96. The first-order valence-corrected chi connectivity index (χ1v) is 11.2. The molecule has 0 aliphatic carbocycles. The van der Waals surface area contributed by atoms with Crippen LogP contribution in [0.25, 0.3) is 0 Å². The molecule has 0 bridgehead atoms. The Labute approximate surface area is 185 Å². The van der Waals surface area contributed by atoms with E-state index < -0.39 is 0 Å². The van der Waals surface area contributed by atoms with Crippen LogP contribution in [0.1, 0.15) is 31.7 Å². The van der Waals surface area contributed by atoms with Gasteiger partial charge in [0.15, 0.2) is 17.5 Å². The van der Waals surface area contributed by atoms with E-state index in [4.69, 9.17) is 9.47 Å². The first-order chi connectivity index (χ1) is 15.2. The van der Waals surface area contributed by atoms with E-state index in [2.05, 4.69) is 43.7 Å². The maximum Gasteiger partial charge on any atom is 0.191 e. The number of nitrogens with one attached hydrogen (secondary N) is 2. The monoisotopic (exact) mass is 425 g/mol. The number of methoxy groups -OCH3 is 1. The number of guanidine groups is 1. The molecule has 1 aromatic heterocycles. The minimum atomic E-state index is 0.432. The molecule has 1 fully saturated rings. The third kappa shape index (κ3) is 6.77.